The molecule has 2 aliphatic rings. The van der Waals surface area contributed by atoms with Crippen LogP contribution in [0.2, 0.25) is 0 Å². The van der Waals surface area contributed by atoms with Crippen molar-refractivity contribution in [3.63, 3.8) is 0 Å². The molecule has 2 amide bonds. The summed E-state index contributed by atoms with van der Waals surface area (Å²) < 4.78 is 13.1. The van der Waals surface area contributed by atoms with E-state index in [-0.39, 0.29) is 23.5 Å². The highest BCUT2D eigenvalue weighted by Crippen LogP contribution is 2.31. The van der Waals surface area contributed by atoms with Gasteiger partial charge < -0.3 is 9.80 Å². The number of carbonyl (C=O) groups excluding carboxylic acids is 2. The topological polar surface area (TPSA) is 40.6 Å². The lowest BCUT2D eigenvalue weighted by Gasteiger charge is -2.36. The zero-order valence-corrected chi connectivity index (χ0v) is 14.7. The predicted molar refractivity (Wildman–Crippen MR) is 94.0 cm³/mol. The quantitative estimate of drug-likeness (QED) is 0.791. The molecule has 5 heteroatoms. The van der Waals surface area contributed by atoms with E-state index < -0.39 is 0 Å². The molecule has 0 spiro atoms. The third-order valence-corrected chi connectivity index (χ3v) is 5.35. The zero-order valence-electron chi connectivity index (χ0n) is 14.7. The summed E-state index contributed by atoms with van der Waals surface area (Å²) in [5.41, 5.74) is 0.940. The Hall–Kier alpha value is -2.17. The fourth-order valence-electron chi connectivity index (χ4n) is 3.83. The number of likely N-dealkylation sites (tertiary alicyclic amines) is 1. The van der Waals surface area contributed by atoms with Gasteiger partial charge in [-0.05, 0) is 42.9 Å². The van der Waals surface area contributed by atoms with Crippen molar-refractivity contribution in [2.45, 2.75) is 32.7 Å². The van der Waals surface area contributed by atoms with E-state index in [0.29, 0.717) is 19.0 Å². The van der Waals surface area contributed by atoms with E-state index in [0.717, 1.165) is 37.9 Å². The van der Waals surface area contributed by atoms with Crippen LogP contribution < -0.4 is 0 Å². The molecule has 0 aromatic heterocycles. The SMILES string of the molecule is CC(=O)N1CCC([C@H]2CC=CCN(Cc3ccc(F)cc3)C2=O)CC1. The summed E-state index contributed by atoms with van der Waals surface area (Å²) in [5.74, 6) is 0.329. The van der Waals surface area contributed by atoms with Crippen LogP contribution in [-0.2, 0) is 16.1 Å². The Balaban J connectivity index is 1.66. The Morgan fingerprint density at radius 3 is 2.48 bits per heavy atom. The summed E-state index contributed by atoms with van der Waals surface area (Å²) in [6.45, 7) is 4.19. The van der Waals surface area contributed by atoms with Crippen LogP contribution in [0.25, 0.3) is 0 Å². The van der Waals surface area contributed by atoms with Gasteiger partial charge in [0.05, 0.1) is 0 Å². The van der Waals surface area contributed by atoms with E-state index in [1.807, 2.05) is 15.9 Å². The maximum absolute atomic E-state index is 13.1. The maximum atomic E-state index is 13.1. The van der Waals surface area contributed by atoms with Crippen molar-refractivity contribution >= 4 is 11.8 Å². The normalized spacial score (nSPS) is 22.2. The first kappa shape index (κ1) is 17.6. The van der Waals surface area contributed by atoms with Crippen LogP contribution in [0.15, 0.2) is 36.4 Å². The molecule has 1 fully saturated rings. The van der Waals surface area contributed by atoms with Gasteiger partial charge in [0.15, 0.2) is 0 Å². The fraction of sp³-hybridized carbons (Fsp3) is 0.500. The van der Waals surface area contributed by atoms with Crippen molar-refractivity contribution in [2.75, 3.05) is 19.6 Å². The van der Waals surface area contributed by atoms with Crippen molar-refractivity contribution < 1.29 is 14.0 Å². The molecule has 4 nitrogen and oxygen atoms in total. The number of hydrogen-bond donors (Lipinski definition) is 0. The first-order valence-electron chi connectivity index (χ1n) is 8.98. The molecule has 25 heavy (non-hydrogen) atoms. The summed E-state index contributed by atoms with van der Waals surface area (Å²) >= 11 is 0. The largest absolute Gasteiger partial charge is 0.343 e. The van der Waals surface area contributed by atoms with E-state index in [4.69, 9.17) is 0 Å². The number of nitrogens with zero attached hydrogens (tertiary/aromatic N) is 2. The Morgan fingerprint density at radius 2 is 1.84 bits per heavy atom. The van der Waals surface area contributed by atoms with E-state index in [1.165, 1.54) is 12.1 Å². The minimum Gasteiger partial charge on any atom is -0.343 e. The minimum atomic E-state index is -0.263. The molecule has 134 valence electrons. The van der Waals surface area contributed by atoms with Crippen molar-refractivity contribution in [1.82, 2.24) is 9.80 Å². The summed E-state index contributed by atoms with van der Waals surface area (Å²) in [5, 5.41) is 0. The molecule has 2 heterocycles. The second kappa shape index (κ2) is 7.81. The smallest absolute Gasteiger partial charge is 0.226 e. The average Bonchev–Trinajstić information content (AvgIpc) is 2.79. The van der Waals surface area contributed by atoms with Crippen LogP contribution in [0.1, 0.15) is 31.7 Å². The van der Waals surface area contributed by atoms with E-state index in [9.17, 15) is 14.0 Å². The van der Waals surface area contributed by atoms with Crippen molar-refractivity contribution in [3.05, 3.63) is 47.8 Å². The van der Waals surface area contributed by atoms with Crippen LogP contribution >= 0.6 is 0 Å². The molecule has 3 rings (SSSR count). The predicted octanol–water partition coefficient (Wildman–Crippen LogP) is 2.99. The Morgan fingerprint density at radius 1 is 1.16 bits per heavy atom. The van der Waals surface area contributed by atoms with Gasteiger partial charge in [-0.15, -0.1) is 0 Å². The minimum absolute atomic E-state index is 0.0201. The van der Waals surface area contributed by atoms with Crippen molar-refractivity contribution in [3.8, 4) is 0 Å². The van der Waals surface area contributed by atoms with Gasteiger partial charge in [-0.3, -0.25) is 9.59 Å². The second-order valence-electron chi connectivity index (χ2n) is 7.00. The second-order valence-corrected chi connectivity index (χ2v) is 7.00. The molecular formula is C20H25FN2O2. The summed E-state index contributed by atoms with van der Waals surface area (Å²) in [6, 6.07) is 6.33. The fourth-order valence-corrected chi connectivity index (χ4v) is 3.83. The Labute approximate surface area is 148 Å². The molecule has 1 saturated heterocycles. The van der Waals surface area contributed by atoms with Crippen molar-refractivity contribution in [1.29, 1.82) is 0 Å². The molecule has 0 bridgehead atoms. The lowest BCUT2D eigenvalue weighted by Crippen LogP contribution is -2.43. The van der Waals surface area contributed by atoms with Gasteiger partial charge in [0.25, 0.3) is 0 Å². The Bertz CT molecular complexity index is 648. The van der Waals surface area contributed by atoms with Gasteiger partial charge in [0, 0.05) is 39.0 Å². The molecule has 1 atom stereocenters. The molecule has 1 aromatic carbocycles. The highest BCUT2D eigenvalue weighted by molar-refractivity contribution is 5.80. The van der Waals surface area contributed by atoms with Gasteiger partial charge in [0.2, 0.25) is 11.8 Å². The molecule has 1 aromatic rings. The summed E-state index contributed by atoms with van der Waals surface area (Å²) in [7, 11) is 0. The lowest BCUT2D eigenvalue weighted by atomic mass is 9.81. The van der Waals surface area contributed by atoms with Gasteiger partial charge in [-0.25, -0.2) is 4.39 Å². The van der Waals surface area contributed by atoms with Gasteiger partial charge in [-0.2, -0.15) is 0 Å². The number of carbonyl (C=O) groups is 2. The first-order valence-corrected chi connectivity index (χ1v) is 8.98. The third-order valence-electron chi connectivity index (χ3n) is 5.35. The van der Waals surface area contributed by atoms with Gasteiger partial charge >= 0.3 is 0 Å². The number of allylic oxidation sites excluding steroid dienone is 1. The number of hydrogen-bond acceptors (Lipinski definition) is 2. The standard InChI is InChI=1S/C20H25FN2O2/c1-15(24)22-12-9-17(10-13-22)19-4-2-3-11-23(20(19)25)14-16-5-7-18(21)8-6-16/h2-3,5-8,17,19H,4,9-14H2,1H3/t19-/m1/s1. The molecule has 0 aliphatic carbocycles. The van der Waals surface area contributed by atoms with Crippen LogP contribution in [-0.4, -0.2) is 41.2 Å². The molecule has 0 saturated carbocycles. The first-order chi connectivity index (χ1) is 12.0. The molecule has 2 aliphatic heterocycles. The Kier molecular flexibility index (Phi) is 5.51. The molecular weight excluding hydrogens is 319 g/mol. The highest BCUT2D eigenvalue weighted by Gasteiger charge is 2.34. The molecule has 0 unspecified atom stereocenters. The average molecular weight is 344 g/mol. The van der Waals surface area contributed by atoms with E-state index in [1.54, 1.807) is 19.1 Å². The molecule has 0 N–H and O–H groups in total. The van der Waals surface area contributed by atoms with Crippen LogP contribution in [0.4, 0.5) is 4.39 Å². The van der Waals surface area contributed by atoms with E-state index in [2.05, 4.69) is 6.08 Å². The van der Waals surface area contributed by atoms with Gasteiger partial charge in [0.1, 0.15) is 5.82 Å². The number of amides is 2. The number of rotatable bonds is 3. The van der Waals surface area contributed by atoms with Crippen LogP contribution in [0.5, 0.6) is 0 Å². The number of piperidine rings is 1. The number of benzene rings is 1. The highest BCUT2D eigenvalue weighted by atomic mass is 19.1. The summed E-state index contributed by atoms with van der Waals surface area (Å²) in [4.78, 5) is 28.3. The third kappa shape index (κ3) is 4.27. The van der Waals surface area contributed by atoms with Gasteiger partial charge in [-0.1, -0.05) is 24.3 Å². The summed E-state index contributed by atoms with van der Waals surface area (Å²) in [6.07, 6.45) is 6.68. The van der Waals surface area contributed by atoms with Crippen LogP contribution in [0.3, 0.4) is 0 Å². The zero-order chi connectivity index (χ0) is 17.8. The monoisotopic (exact) mass is 344 g/mol. The lowest BCUT2D eigenvalue weighted by molar-refractivity contribution is -0.138. The van der Waals surface area contributed by atoms with Crippen molar-refractivity contribution in [2.24, 2.45) is 11.8 Å². The van der Waals surface area contributed by atoms with E-state index >= 15 is 0 Å². The molecule has 0 radical (unpaired) electrons. The van der Waals surface area contributed by atoms with Crippen LogP contribution in [0, 0.1) is 17.7 Å². The maximum Gasteiger partial charge on any atom is 0.226 e. The number of halogens is 1.